The first-order chi connectivity index (χ1) is 8.42. The summed E-state index contributed by atoms with van der Waals surface area (Å²) in [6, 6.07) is 11.7. The van der Waals surface area contributed by atoms with Gasteiger partial charge in [-0.05, 0) is 37.2 Å². The van der Waals surface area contributed by atoms with Crippen molar-refractivity contribution in [3.63, 3.8) is 0 Å². The van der Waals surface area contributed by atoms with E-state index in [0.717, 1.165) is 12.0 Å². The molecule has 2 fully saturated rings. The maximum Gasteiger partial charge on any atom is 0.0226 e. The zero-order valence-corrected chi connectivity index (χ0v) is 10.4. The fourth-order valence-corrected chi connectivity index (χ4v) is 3.00. The molecule has 17 heavy (non-hydrogen) atoms. The van der Waals surface area contributed by atoms with Crippen molar-refractivity contribution in [1.82, 2.24) is 10.4 Å². The zero-order valence-electron chi connectivity index (χ0n) is 10.4. The number of rotatable bonds is 3. The Bertz CT molecular complexity index is 337. The Hall–Kier alpha value is -0.860. The molecule has 92 valence electrons. The van der Waals surface area contributed by atoms with E-state index in [1.807, 2.05) is 0 Å². The molecule has 3 rings (SSSR count). The third-order valence-electron chi connectivity index (χ3n) is 4.13. The molecule has 1 aliphatic carbocycles. The van der Waals surface area contributed by atoms with E-state index in [-0.39, 0.29) is 0 Å². The average Bonchev–Trinajstić information content (AvgIpc) is 2.36. The molecule has 0 bridgehead atoms. The van der Waals surface area contributed by atoms with Gasteiger partial charge in [-0.15, -0.1) is 0 Å². The monoisotopic (exact) mass is 230 g/mol. The largest absolute Gasteiger partial charge is 0.252 e. The van der Waals surface area contributed by atoms with E-state index in [4.69, 9.17) is 0 Å². The second kappa shape index (κ2) is 5.19. The van der Waals surface area contributed by atoms with Crippen LogP contribution in [0.25, 0.3) is 0 Å². The van der Waals surface area contributed by atoms with Crippen LogP contribution in [0.2, 0.25) is 0 Å². The van der Waals surface area contributed by atoms with Crippen LogP contribution in [0, 0.1) is 0 Å². The van der Waals surface area contributed by atoms with E-state index in [2.05, 4.69) is 40.8 Å². The first-order valence-electron chi connectivity index (χ1n) is 6.98. The molecular weight excluding hydrogens is 208 g/mol. The molecule has 1 aromatic rings. The van der Waals surface area contributed by atoms with Crippen LogP contribution in [-0.4, -0.2) is 24.1 Å². The number of hydrogen-bond acceptors (Lipinski definition) is 2. The predicted molar refractivity (Wildman–Crippen MR) is 70.8 cm³/mol. The number of piperidine rings is 1. The van der Waals surface area contributed by atoms with Crippen molar-refractivity contribution in [3.05, 3.63) is 35.9 Å². The molecule has 0 atom stereocenters. The third kappa shape index (κ3) is 2.70. The molecule has 0 amide bonds. The smallest absolute Gasteiger partial charge is 0.0226 e. The van der Waals surface area contributed by atoms with Gasteiger partial charge >= 0.3 is 0 Å². The molecule has 2 aliphatic rings. The predicted octanol–water partition coefficient (Wildman–Crippen LogP) is 2.92. The van der Waals surface area contributed by atoms with Gasteiger partial charge < -0.3 is 0 Å². The van der Waals surface area contributed by atoms with Gasteiger partial charge in [0.2, 0.25) is 0 Å². The van der Waals surface area contributed by atoms with Gasteiger partial charge in [0.05, 0.1) is 0 Å². The molecule has 0 unspecified atom stereocenters. The van der Waals surface area contributed by atoms with Crippen molar-refractivity contribution in [2.75, 3.05) is 13.1 Å². The Morgan fingerprint density at radius 2 is 1.65 bits per heavy atom. The van der Waals surface area contributed by atoms with Crippen molar-refractivity contribution in [2.24, 2.45) is 0 Å². The van der Waals surface area contributed by atoms with Crippen molar-refractivity contribution in [3.8, 4) is 0 Å². The summed E-state index contributed by atoms with van der Waals surface area (Å²) in [7, 11) is 0. The molecule has 1 aliphatic heterocycles. The highest BCUT2D eigenvalue weighted by Gasteiger charge is 2.31. The summed E-state index contributed by atoms with van der Waals surface area (Å²) in [5.74, 6) is 0.790. The molecule has 2 nitrogen and oxygen atoms in total. The minimum absolute atomic E-state index is 0.721. The van der Waals surface area contributed by atoms with Gasteiger partial charge in [-0.1, -0.05) is 36.8 Å². The second-order valence-electron chi connectivity index (χ2n) is 5.45. The van der Waals surface area contributed by atoms with E-state index < -0.39 is 0 Å². The SMILES string of the molecule is c1ccc(C2CC(NN3CCCCC3)C2)cc1. The van der Waals surface area contributed by atoms with Crippen LogP contribution < -0.4 is 5.43 Å². The summed E-state index contributed by atoms with van der Waals surface area (Å²) in [6.45, 7) is 2.49. The molecule has 1 saturated heterocycles. The molecule has 1 heterocycles. The quantitative estimate of drug-likeness (QED) is 0.859. The van der Waals surface area contributed by atoms with E-state index in [1.165, 1.54) is 50.8 Å². The summed E-state index contributed by atoms with van der Waals surface area (Å²) in [6.07, 6.45) is 6.75. The summed E-state index contributed by atoms with van der Waals surface area (Å²) < 4.78 is 0. The minimum atomic E-state index is 0.721. The first kappa shape index (κ1) is 11.2. The maximum atomic E-state index is 3.69. The average molecular weight is 230 g/mol. The van der Waals surface area contributed by atoms with Crippen molar-refractivity contribution in [1.29, 1.82) is 0 Å². The minimum Gasteiger partial charge on any atom is -0.252 e. The Labute approximate surface area is 104 Å². The van der Waals surface area contributed by atoms with Gasteiger partial charge in [0.15, 0.2) is 0 Å². The molecule has 2 heteroatoms. The molecule has 1 aromatic carbocycles. The Morgan fingerprint density at radius 3 is 2.35 bits per heavy atom. The molecular formula is C15H22N2. The lowest BCUT2D eigenvalue weighted by molar-refractivity contribution is 0.0918. The Morgan fingerprint density at radius 1 is 0.941 bits per heavy atom. The van der Waals surface area contributed by atoms with Gasteiger partial charge in [0.1, 0.15) is 0 Å². The molecule has 1 saturated carbocycles. The maximum absolute atomic E-state index is 3.69. The number of nitrogens with one attached hydrogen (secondary N) is 1. The van der Waals surface area contributed by atoms with Crippen LogP contribution in [0.15, 0.2) is 30.3 Å². The third-order valence-corrected chi connectivity index (χ3v) is 4.13. The van der Waals surface area contributed by atoms with Crippen LogP contribution in [0.5, 0.6) is 0 Å². The molecule has 0 radical (unpaired) electrons. The first-order valence-corrected chi connectivity index (χ1v) is 6.98. The van der Waals surface area contributed by atoms with Gasteiger partial charge in [0.25, 0.3) is 0 Å². The number of nitrogens with zero attached hydrogens (tertiary/aromatic N) is 1. The fourth-order valence-electron chi connectivity index (χ4n) is 3.00. The highest BCUT2D eigenvalue weighted by Crippen LogP contribution is 2.36. The van der Waals surface area contributed by atoms with Gasteiger partial charge in [-0.3, -0.25) is 5.43 Å². The summed E-state index contributed by atoms with van der Waals surface area (Å²) in [5.41, 5.74) is 5.21. The van der Waals surface area contributed by atoms with Crippen molar-refractivity contribution >= 4 is 0 Å². The van der Waals surface area contributed by atoms with Crippen molar-refractivity contribution in [2.45, 2.75) is 44.1 Å². The Balaban J connectivity index is 1.45. The summed E-state index contributed by atoms with van der Waals surface area (Å²) in [4.78, 5) is 0. The molecule has 0 spiro atoms. The van der Waals surface area contributed by atoms with Gasteiger partial charge in [-0.25, -0.2) is 5.01 Å². The van der Waals surface area contributed by atoms with Gasteiger partial charge in [-0.2, -0.15) is 0 Å². The Kier molecular flexibility index (Phi) is 3.44. The summed E-state index contributed by atoms with van der Waals surface area (Å²) >= 11 is 0. The highest BCUT2D eigenvalue weighted by atomic mass is 15.5. The lowest BCUT2D eigenvalue weighted by Crippen LogP contribution is -2.51. The van der Waals surface area contributed by atoms with Crippen LogP contribution in [0.4, 0.5) is 0 Å². The molecule has 1 N–H and O–H groups in total. The second-order valence-corrected chi connectivity index (χ2v) is 5.45. The van der Waals surface area contributed by atoms with Crippen LogP contribution in [-0.2, 0) is 0 Å². The van der Waals surface area contributed by atoms with E-state index >= 15 is 0 Å². The number of hydrogen-bond donors (Lipinski definition) is 1. The lowest BCUT2D eigenvalue weighted by atomic mass is 9.76. The fraction of sp³-hybridized carbons (Fsp3) is 0.600. The standard InChI is InChI=1S/C15H22N2/c1-3-7-13(8-4-1)14-11-15(12-14)16-17-9-5-2-6-10-17/h1,3-4,7-8,14-16H,2,5-6,9-12H2. The van der Waals surface area contributed by atoms with Crippen LogP contribution >= 0.6 is 0 Å². The normalized spacial score (nSPS) is 29.9. The summed E-state index contributed by atoms with van der Waals surface area (Å²) in [5, 5.41) is 2.44. The lowest BCUT2D eigenvalue weighted by Gasteiger charge is -2.40. The zero-order chi connectivity index (χ0) is 11.5. The number of benzene rings is 1. The topological polar surface area (TPSA) is 15.3 Å². The highest BCUT2D eigenvalue weighted by molar-refractivity contribution is 5.22. The molecule has 0 aromatic heterocycles. The van der Waals surface area contributed by atoms with Crippen molar-refractivity contribution < 1.29 is 0 Å². The van der Waals surface area contributed by atoms with Gasteiger partial charge in [0, 0.05) is 19.1 Å². The van der Waals surface area contributed by atoms with Crippen LogP contribution in [0.3, 0.4) is 0 Å². The van der Waals surface area contributed by atoms with E-state index in [0.29, 0.717) is 0 Å². The number of hydrazine groups is 1. The van der Waals surface area contributed by atoms with E-state index in [9.17, 15) is 0 Å². The van der Waals surface area contributed by atoms with E-state index in [1.54, 1.807) is 0 Å². The van der Waals surface area contributed by atoms with Crippen LogP contribution in [0.1, 0.15) is 43.6 Å².